The second-order valence-corrected chi connectivity index (χ2v) is 6.50. The molecule has 0 saturated carbocycles. The predicted octanol–water partition coefficient (Wildman–Crippen LogP) is 5.67. The molecule has 1 N–H and O–H groups in total. The van der Waals surface area contributed by atoms with E-state index in [-0.39, 0.29) is 5.75 Å². The van der Waals surface area contributed by atoms with Gasteiger partial charge in [-0.1, -0.05) is 18.2 Å². The first kappa shape index (κ1) is 16.3. The normalized spacial score (nSPS) is 14.8. The van der Waals surface area contributed by atoms with Crippen molar-refractivity contribution in [3.05, 3.63) is 54.9 Å². The van der Waals surface area contributed by atoms with E-state index in [2.05, 4.69) is 18.2 Å². The van der Waals surface area contributed by atoms with Gasteiger partial charge in [0.1, 0.15) is 0 Å². The van der Waals surface area contributed by atoms with E-state index < -0.39 is 7.81 Å². The Balaban J connectivity index is 0.000000217. The van der Waals surface area contributed by atoms with E-state index >= 15 is 0 Å². The van der Waals surface area contributed by atoms with Gasteiger partial charge in [-0.25, -0.2) is 0 Å². The fourth-order valence-corrected chi connectivity index (χ4v) is 1.82. The third-order valence-electron chi connectivity index (χ3n) is 2.57. The molecule has 3 rings (SSSR count). The van der Waals surface area contributed by atoms with Gasteiger partial charge in [-0.2, -0.15) is 4.40 Å². The molecule has 0 saturated heterocycles. The van der Waals surface area contributed by atoms with E-state index in [4.69, 9.17) is 0 Å². The van der Waals surface area contributed by atoms with Crippen LogP contribution in [0.2, 0.25) is 0 Å². The van der Waals surface area contributed by atoms with Gasteiger partial charge in [0.15, 0.2) is 11.9 Å². The van der Waals surface area contributed by atoms with E-state index in [1.807, 2.05) is 28.8 Å². The molecule has 1 aromatic carbocycles. The number of aromatic hydroxyl groups is 1. The standard InChI is InChI=1S/C13H9NO.F6P/c15-13-6-5-12-7-10-3-1-2-4-11(10)8-14(12)9-13;1-7(2,3,4,5)6/h1-9H;/q;-1/p+1. The van der Waals surface area contributed by atoms with Crippen molar-refractivity contribution >= 4 is 24.1 Å². The van der Waals surface area contributed by atoms with E-state index in [1.165, 1.54) is 10.8 Å². The first-order valence-electron chi connectivity index (χ1n) is 5.87. The van der Waals surface area contributed by atoms with Gasteiger partial charge in [-0.05, 0) is 17.5 Å². The number of hydrogen-bond donors (Lipinski definition) is 1. The molecule has 0 aliphatic carbocycles. The molecule has 0 atom stereocenters. The van der Waals surface area contributed by atoms with Gasteiger partial charge in [0.05, 0.1) is 0 Å². The number of nitrogens with zero attached hydrogens (tertiary/aromatic N) is 1. The zero-order valence-electron chi connectivity index (χ0n) is 10.8. The second kappa shape index (κ2) is 4.46. The number of halogens is 6. The van der Waals surface area contributed by atoms with Crippen LogP contribution in [0, 0.1) is 0 Å². The Morgan fingerprint density at radius 2 is 1.32 bits per heavy atom. The Bertz CT molecular complexity index is 836. The van der Waals surface area contributed by atoms with Crippen molar-refractivity contribution < 1.29 is 34.7 Å². The number of rotatable bonds is 0. The van der Waals surface area contributed by atoms with Crippen LogP contribution in [-0.2, 0) is 0 Å². The molecule has 2 heterocycles. The van der Waals surface area contributed by atoms with Crippen LogP contribution >= 0.6 is 7.81 Å². The summed E-state index contributed by atoms with van der Waals surface area (Å²) < 4.78 is 61.1. The van der Waals surface area contributed by atoms with Crippen molar-refractivity contribution in [2.45, 2.75) is 0 Å². The van der Waals surface area contributed by atoms with Gasteiger partial charge in [0, 0.05) is 17.5 Å². The molecular weight excluding hydrogens is 331 g/mol. The van der Waals surface area contributed by atoms with Gasteiger partial charge in [-0.3, -0.25) is 0 Å². The van der Waals surface area contributed by atoms with E-state index in [1.54, 1.807) is 12.3 Å². The number of fused-ring (bicyclic) bond motifs is 2. The van der Waals surface area contributed by atoms with Crippen LogP contribution in [0.15, 0.2) is 54.9 Å². The maximum absolute atomic E-state index is 10.7. The van der Waals surface area contributed by atoms with Gasteiger partial charge < -0.3 is 5.11 Å². The number of hydrogen-bond acceptors (Lipinski definition) is 1. The smallest absolute Gasteiger partial charge is 0.216 e. The molecule has 0 bridgehead atoms. The Labute approximate surface area is 120 Å². The molecule has 0 aliphatic heterocycles. The summed E-state index contributed by atoms with van der Waals surface area (Å²) in [4.78, 5) is 0. The summed E-state index contributed by atoms with van der Waals surface area (Å²) in [5.41, 5.74) is 1.08. The Hall–Kier alpha value is -2.08. The fourth-order valence-electron chi connectivity index (χ4n) is 1.82. The van der Waals surface area contributed by atoms with Crippen molar-refractivity contribution in [1.82, 2.24) is 0 Å². The number of pyridine rings is 2. The van der Waals surface area contributed by atoms with Crippen LogP contribution in [0.25, 0.3) is 16.3 Å². The Kier molecular flexibility index (Phi) is 3.30. The van der Waals surface area contributed by atoms with Crippen molar-refractivity contribution in [2.75, 3.05) is 0 Å². The van der Waals surface area contributed by atoms with Crippen molar-refractivity contribution in [1.29, 1.82) is 0 Å². The molecule has 22 heavy (non-hydrogen) atoms. The van der Waals surface area contributed by atoms with Gasteiger partial charge in [0.25, 0.3) is 0 Å². The summed E-state index contributed by atoms with van der Waals surface area (Å²) in [6.45, 7) is 0. The third-order valence-corrected chi connectivity index (χ3v) is 2.57. The number of aromatic nitrogens is 1. The summed E-state index contributed by atoms with van der Waals surface area (Å²) >= 11 is 0. The van der Waals surface area contributed by atoms with Gasteiger partial charge >= 0.3 is 33.0 Å². The summed E-state index contributed by atoms with van der Waals surface area (Å²) in [5, 5.41) is 11.8. The molecule has 0 aliphatic rings. The molecule has 120 valence electrons. The summed E-state index contributed by atoms with van der Waals surface area (Å²) in [7, 11) is -10.7. The largest absolute Gasteiger partial charge is 0.503 e. The molecule has 2 aromatic heterocycles. The van der Waals surface area contributed by atoms with Crippen LogP contribution in [-0.4, -0.2) is 5.11 Å². The van der Waals surface area contributed by atoms with Gasteiger partial charge in [-0.15, -0.1) is 0 Å². The molecule has 2 nitrogen and oxygen atoms in total. The van der Waals surface area contributed by atoms with E-state index in [0.29, 0.717) is 0 Å². The van der Waals surface area contributed by atoms with E-state index in [9.17, 15) is 30.3 Å². The summed E-state index contributed by atoms with van der Waals surface area (Å²) in [6, 6.07) is 13.9. The Morgan fingerprint density at radius 1 is 0.773 bits per heavy atom. The average Bonchev–Trinajstić information content (AvgIpc) is 2.32. The van der Waals surface area contributed by atoms with Crippen molar-refractivity contribution in [2.24, 2.45) is 0 Å². The predicted molar refractivity (Wildman–Crippen MR) is 72.3 cm³/mol. The first-order chi connectivity index (χ1) is 9.78. The van der Waals surface area contributed by atoms with Crippen LogP contribution in [0.4, 0.5) is 25.2 Å². The maximum Gasteiger partial charge on any atom is 0.216 e. The SMILES string of the molecule is F[P-](F)(F)(F)(F)F.Oc1ccc2cc3ccccc3c[n+]2c1. The van der Waals surface area contributed by atoms with Crippen molar-refractivity contribution in [3.63, 3.8) is 0 Å². The zero-order valence-corrected chi connectivity index (χ0v) is 11.7. The monoisotopic (exact) mass is 341 g/mol. The molecule has 3 aromatic rings. The minimum Gasteiger partial charge on any atom is -0.503 e. The molecule has 0 unspecified atom stereocenters. The third kappa shape index (κ3) is 5.73. The average molecular weight is 341 g/mol. The first-order valence-corrected chi connectivity index (χ1v) is 7.90. The maximum atomic E-state index is 9.87. The topological polar surface area (TPSA) is 24.3 Å². The second-order valence-electron chi connectivity index (χ2n) is 4.58. The minimum absolute atomic E-state index is 0.280. The van der Waals surface area contributed by atoms with Gasteiger partial charge in [0.2, 0.25) is 11.7 Å². The van der Waals surface area contributed by atoms with Crippen LogP contribution in [0.1, 0.15) is 0 Å². The van der Waals surface area contributed by atoms with E-state index in [0.717, 1.165) is 5.52 Å². The summed E-state index contributed by atoms with van der Waals surface area (Å²) in [6.07, 6.45) is 3.73. The molecule has 0 amide bonds. The van der Waals surface area contributed by atoms with Crippen LogP contribution < -0.4 is 4.40 Å². The molecule has 0 fully saturated rings. The summed E-state index contributed by atoms with van der Waals surface area (Å²) in [5.74, 6) is 0.280. The molecule has 9 heteroatoms. The zero-order chi connectivity index (χ0) is 16.7. The quantitative estimate of drug-likeness (QED) is 0.242. The van der Waals surface area contributed by atoms with Crippen LogP contribution in [0.5, 0.6) is 5.75 Å². The minimum atomic E-state index is -10.7. The fraction of sp³-hybridized carbons (Fsp3) is 0. The Morgan fingerprint density at radius 3 is 1.91 bits per heavy atom. The van der Waals surface area contributed by atoms with Crippen molar-refractivity contribution in [3.8, 4) is 5.75 Å². The number of benzene rings is 1. The molecule has 0 spiro atoms. The van der Waals surface area contributed by atoms with Crippen LogP contribution in [0.3, 0.4) is 0 Å². The molecule has 0 radical (unpaired) electrons. The molecular formula is C13H10F6NOP.